The second kappa shape index (κ2) is 9.23. The van der Waals surface area contributed by atoms with Crippen molar-refractivity contribution < 1.29 is 19.1 Å². The summed E-state index contributed by atoms with van der Waals surface area (Å²) in [6, 6.07) is 11.3. The van der Waals surface area contributed by atoms with E-state index in [1.807, 2.05) is 30.3 Å². The number of hydrogen-bond donors (Lipinski definition) is 1. The Morgan fingerprint density at radius 2 is 1.94 bits per heavy atom. The third kappa shape index (κ3) is 4.36. The van der Waals surface area contributed by atoms with Crippen LogP contribution in [0.4, 0.5) is 0 Å². The van der Waals surface area contributed by atoms with Gasteiger partial charge in [0.25, 0.3) is 11.5 Å². The van der Waals surface area contributed by atoms with Crippen LogP contribution in [0.1, 0.15) is 32.6 Å². The summed E-state index contributed by atoms with van der Waals surface area (Å²) in [5.74, 6) is -0.738. The maximum atomic E-state index is 13.4. The van der Waals surface area contributed by atoms with Crippen molar-refractivity contribution in [2.24, 2.45) is 0 Å². The molecule has 8 heteroatoms. The van der Waals surface area contributed by atoms with Gasteiger partial charge >= 0.3 is 0 Å². The molecule has 0 radical (unpaired) electrons. The second-order valence-electron chi connectivity index (χ2n) is 7.94. The van der Waals surface area contributed by atoms with Gasteiger partial charge in [-0.3, -0.25) is 14.4 Å². The van der Waals surface area contributed by atoms with Crippen molar-refractivity contribution in [2.45, 2.75) is 26.1 Å². The smallest absolute Gasteiger partial charge is 0.264 e. The highest BCUT2D eigenvalue weighted by Crippen LogP contribution is 2.22. The van der Waals surface area contributed by atoms with E-state index < -0.39 is 6.61 Å². The van der Waals surface area contributed by atoms with Crippen molar-refractivity contribution in [3.05, 3.63) is 93.3 Å². The predicted octanol–water partition coefficient (Wildman–Crippen LogP) is 1.64. The van der Waals surface area contributed by atoms with Gasteiger partial charge in [-0.15, -0.1) is 0 Å². The van der Waals surface area contributed by atoms with Gasteiger partial charge in [-0.25, -0.2) is 0 Å². The highest BCUT2D eigenvalue weighted by Gasteiger charge is 2.29. The molecule has 0 spiro atoms. The Bertz CT molecular complexity index is 1170. The fraction of sp³-hybridized carbons (Fsp3) is 0.292. The van der Waals surface area contributed by atoms with Crippen LogP contribution in [0.5, 0.6) is 0 Å². The number of amides is 2. The Labute approximate surface area is 185 Å². The van der Waals surface area contributed by atoms with Gasteiger partial charge < -0.3 is 23.9 Å². The SMILES string of the molecule is CN(Cc1ccoc1)C(=O)c1c2c(cn(Cc3ccccc3)c1=O)CN(C(=O)CO)CC2. The molecule has 2 aromatic heterocycles. The van der Waals surface area contributed by atoms with E-state index in [1.165, 1.54) is 15.7 Å². The summed E-state index contributed by atoms with van der Waals surface area (Å²) >= 11 is 0. The van der Waals surface area contributed by atoms with Crippen LogP contribution in [0.15, 0.2) is 64.3 Å². The number of fused-ring (bicyclic) bond motifs is 1. The van der Waals surface area contributed by atoms with Crippen LogP contribution in [0.2, 0.25) is 0 Å². The van der Waals surface area contributed by atoms with Gasteiger partial charge in [-0.2, -0.15) is 0 Å². The molecule has 166 valence electrons. The van der Waals surface area contributed by atoms with Crippen molar-refractivity contribution in [3.63, 3.8) is 0 Å². The van der Waals surface area contributed by atoms with Crippen LogP contribution < -0.4 is 5.56 Å². The lowest BCUT2D eigenvalue weighted by atomic mass is 9.95. The third-order valence-electron chi connectivity index (χ3n) is 5.71. The Morgan fingerprint density at radius 3 is 2.62 bits per heavy atom. The largest absolute Gasteiger partial charge is 0.472 e. The first-order valence-electron chi connectivity index (χ1n) is 10.4. The molecule has 1 aliphatic heterocycles. The first-order valence-corrected chi connectivity index (χ1v) is 10.4. The highest BCUT2D eigenvalue weighted by atomic mass is 16.3. The zero-order valence-corrected chi connectivity index (χ0v) is 17.9. The van der Waals surface area contributed by atoms with Crippen LogP contribution in [-0.4, -0.2) is 51.5 Å². The molecule has 0 unspecified atom stereocenters. The van der Waals surface area contributed by atoms with Crippen LogP contribution in [0.25, 0.3) is 0 Å². The first kappa shape index (κ1) is 21.6. The minimum atomic E-state index is -0.571. The van der Waals surface area contributed by atoms with Crippen molar-refractivity contribution in [1.82, 2.24) is 14.4 Å². The lowest BCUT2D eigenvalue weighted by Crippen LogP contribution is -2.42. The van der Waals surface area contributed by atoms with Gasteiger partial charge in [0.1, 0.15) is 12.2 Å². The summed E-state index contributed by atoms with van der Waals surface area (Å²) in [7, 11) is 1.65. The molecule has 0 fully saturated rings. The standard InChI is InChI=1S/C24H25N3O5/c1-25(11-18-8-10-32-16-18)23(30)22-20-7-9-26(21(29)15-28)13-19(20)14-27(24(22)31)12-17-5-3-2-4-6-17/h2-6,8,10,14,16,28H,7,9,11-13,15H2,1H3. The zero-order chi connectivity index (χ0) is 22.7. The number of benzene rings is 1. The van der Waals surface area contributed by atoms with Crippen LogP contribution in [0, 0.1) is 0 Å². The quantitative estimate of drug-likeness (QED) is 0.635. The van der Waals surface area contributed by atoms with E-state index in [0.29, 0.717) is 31.6 Å². The molecule has 1 aliphatic rings. The zero-order valence-electron chi connectivity index (χ0n) is 17.9. The van der Waals surface area contributed by atoms with E-state index in [-0.39, 0.29) is 29.5 Å². The van der Waals surface area contributed by atoms with Gasteiger partial charge in [-0.05, 0) is 29.2 Å². The summed E-state index contributed by atoms with van der Waals surface area (Å²) in [6.45, 7) is 0.646. The van der Waals surface area contributed by atoms with Gasteiger partial charge in [-0.1, -0.05) is 30.3 Å². The maximum Gasteiger partial charge on any atom is 0.264 e. The summed E-state index contributed by atoms with van der Waals surface area (Å²) in [6.07, 6.45) is 5.21. The molecule has 3 heterocycles. The first-order chi connectivity index (χ1) is 15.5. The molecule has 8 nitrogen and oxygen atoms in total. The Kier molecular flexibility index (Phi) is 6.23. The van der Waals surface area contributed by atoms with Crippen molar-refractivity contribution in [3.8, 4) is 0 Å². The number of hydrogen-bond acceptors (Lipinski definition) is 5. The van der Waals surface area contributed by atoms with Gasteiger partial charge in [0.15, 0.2) is 0 Å². The van der Waals surface area contributed by atoms with Crippen LogP contribution in [0.3, 0.4) is 0 Å². The predicted molar refractivity (Wildman–Crippen MR) is 117 cm³/mol. The van der Waals surface area contributed by atoms with Gasteiger partial charge in [0, 0.05) is 38.4 Å². The average molecular weight is 435 g/mol. The van der Waals surface area contributed by atoms with Crippen molar-refractivity contribution in [1.29, 1.82) is 0 Å². The van der Waals surface area contributed by atoms with E-state index in [2.05, 4.69) is 0 Å². The third-order valence-corrected chi connectivity index (χ3v) is 5.71. The molecular weight excluding hydrogens is 410 g/mol. The number of aliphatic hydroxyl groups excluding tert-OH is 1. The lowest BCUT2D eigenvalue weighted by Gasteiger charge is -2.30. The molecule has 32 heavy (non-hydrogen) atoms. The minimum absolute atomic E-state index is 0.139. The molecule has 0 saturated carbocycles. The van der Waals surface area contributed by atoms with E-state index in [1.54, 1.807) is 30.5 Å². The number of carbonyl (C=O) groups excluding carboxylic acids is 2. The topological polar surface area (TPSA) is 96.0 Å². The molecule has 0 atom stereocenters. The van der Waals surface area contributed by atoms with Crippen LogP contribution >= 0.6 is 0 Å². The van der Waals surface area contributed by atoms with Gasteiger partial charge in [0.2, 0.25) is 5.91 Å². The Morgan fingerprint density at radius 1 is 1.16 bits per heavy atom. The molecule has 0 saturated heterocycles. The number of aliphatic hydroxyl groups is 1. The fourth-order valence-corrected chi connectivity index (χ4v) is 4.06. The number of rotatable bonds is 6. The lowest BCUT2D eigenvalue weighted by molar-refractivity contribution is -0.135. The fourth-order valence-electron chi connectivity index (χ4n) is 4.06. The molecule has 0 bridgehead atoms. The molecule has 0 aliphatic carbocycles. The summed E-state index contributed by atoms with van der Waals surface area (Å²) in [4.78, 5) is 41.9. The van der Waals surface area contributed by atoms with Crippen molar-refractivity contribution >= 4 is 11.8 Å². The summed E-state index contributed by atoms with van der Waals surface area (Å²) < 4.78 is 6.61. The number of aromatic nitrogens is 1. The molecule has 1 N–H and O–H groups in total. The molecule has 3 aromatic rings. The number of nitrogens with zero attached hydrogens (tertiary/aromatic N) is 3. The van der Waals surface area contributed by atoms with Gasteiger partial charge in [0.05, 0.1) is 19.1 Å². The molecule has 1 aromatic carbocycles. The molecular formula is C24H25N3O5. The minimum Gasteiger partial charge on any atom is -0.472 e. The average Bonchev–Trinajstić information content (AvgIpc) is 3.32. The van der Waals surface area contributed by atoms with E-state index in [4.69, 9.17) is 4.42 Å². The van der Waals surface area contributed by atoms with E-state index >= 15 is 0 Å². The molecule has 2 amide bonds. The van der Waals surface area contributed by atoms with E-state index in [0.717, 1.165) is 16.7 Å². The molecule has 4 rings (SSSR count). The number of carbonyl (C=O) groups is 2. The number of pyridine rings is 1. The maximum absolute atomic E-state index is 13.4. The second-order valence-corrected chi connectivity index (χ2v) is 7.94. The highest BCUT2D eigenvalue weighted by molar-refractivity contribution is 5.95. The normalized spacial score (nSPS) is 13.0. The van der Waals surface area contributed by atoms with Crippen molar-refractivity contribution in [2.75, 3.05) is 20.2 Å². The number of furan rings is 1. The summed E-state index contributed by atoms with van der Waals surface area (Å²) in [5, 5.41) is 9.25. The Balaban J connectivity index is 1.75. The Hall–Kier alpha value is -3.65. The summed E-state index contributed by atoms with van der Waals surface area (Å²) in [5.41, 5.74) is 2.96. The van der Waals surface area contributed by atoms with Crippen LogP contribution in [-0.2, 0) is 30.8 Å². The monoisotopic (exact) mass is 435 g/mol. The van der Waals surface area contributed by atoms with E-state index in [9.17, 15) is 19.5 Å².